The molecule has 126 valence electrons. The Morgan fingerprint density at radius 3 is 2.96 bits per heavy atom. The molecule has 13 heteroatoms. The number of hydrogen-bond acceptors (Lipinski definition) is 9. The van der Waals surface area contributed by atoms with Gasteiger partial charge in [0.15, 0.2) is 11.3 Å². The number of hydrogen-bond donors (Lipinski definition) is 4. The van der Waals surface area contributed by atoms with Crippen molar-refractivity contribution in [2.75, 3.05) is 18.7 Å². The van der Waals surface area contributed by atoms with Crippen LogP contribution in [0.1, 0.15) is 0 Å². The van der Waals surface area contributed by atoms with Gasteiger partial charge in [0.1, 0.15) is 31.2 Å². The molecular weight excluding hydrogens is 333 g/mol. The Morgan fingerprint density at radius 2 is 2.22 bits per heavy atom. The van der Waals surface area contributed by atoms with Gasteiger partial charge in [-0.2, -0.15) is 0 Å². The quantitative estimate of drug-likeness (QED) is 0.443. The number of ether oxygens (including phenoxy) is 2. The van der Waals surface area contributed by atoms with E-state index in [-0.39, 0.29) is 18.1 Å². The van der Waals surface area contributed by atoms with Crippen LogP contribution in [0.3, 0.4) is 0 Å². The lowest BCUT2D eigenvalue weighted by Crippen LogP contribution is -2.38. The number of aromatic nitrogens is 4. The van der Waals surface area contributed by atoms with E-state index in [0.717, 1.165) is 4.73 Å². The molecule has 0 aliphatic carbocycles. The molecule has 12 nitrogen and oxygen atoms in total. The summed E-state index contributed by atoms with van der Waals surface area (Å²) in [5.41, 5.74) is 6.26. The van der Waals surface area contributed by atoms with Crippen LogP contribution in [0.25, 0.3) is 11.2 Å². The summed E-state index contributed by atoms with van der Waals surface area (Å²) in [5, 5.41) is 10.1. The number of nitrogens with two attached hydrogens (primary N) is 1. The smallest absolute Gasteiger partial charge is 0.350 e. The van der Waals surface area contributed by atoms with Gasteiger partial charge < -0.3 is 34.9 Å². The molecule has 0 saturated carbocycles. The van der Waals surface area contributed by atoms with Crippen LogP contribution in [0.15, 0.2) is 12.7 Å². The maximum absolute atomic E-state index is 10.8. The van der Waals surface area contributed by atoms with Gasteiger partial charge in [0, 0.05) is 0 Å². The average molecular weight is 347 g/mol. The van der Waals surface area contributed by atoms with Crippen molar-refractivity contribution in [2.24, 2.45) is 0 Å². The highest BCUT2D eigenvalue weighted by atomic mass is 31.2. The maximum atomic E-state index is 10.8. The van der Waals surface area contributed by atoms with Gasteiger partial charge in [-0.25, -0.2) is 15.0 Å². The summed E-state index contributed by atoms with van der Waals surface area (Å²) < 4.78 is 22.1. The summed E-state index contributed by atoms with van der Waals surface area (Å²) in [6.45, 7) is -0.0877. The van der Waals surface area contributed by atoms with Crippen LogP contribution in [0.2, 0.25) is 0 Å². The summed E-state index contributed by atoms with van der Waals surface area (Å²) in [4.78, 5) is 34.7. The molecule has 5 N–H and O–H groups in total. The SMILES string of the molecule is Nc1ncnc2c1ncn2OC1OC[C@H](OCP(=O)(O)O)[C@H]1O. The van der Waals surface area contributed by atoms with Crippen LogP contribution < -0.4 is 10.6 Å². The van der Waals surface area contributed by atoms with Crippen LogP contribution in [0, 0.1) is 0 Å². The number of imidazole rings is 1. The lowest BCUT2D eigenvalue weighted by molar-refractivity contribution is -0.154. The van der Waals surface area contributed by atoms with Gasteiger partial charge in [-0.15, -0.1) is 4.73 Å². The third kappa shape index (κ3) is 3.42. The summed E-state index contributed by atoms with van der Waals surface area (Å²) in [6.07, 6.45) is -1.60. The number of fused-ring (bicyclic) bond motifs is 1. The Morgan fingerprint density at radius 1 is 1.43 bits per heavy atom. The van der Waals surface area contributed by atoms with Crippen molar-refractivity contribution in [3.8, 4) is 0 Å². The fourth-order valence-electron chi connectivity index (χ4n) is 2.02. The normalized spacial score (nSPS) is 25.1. The summed E-state index contributed by atoms with van der Waals surface area (Å²) in [7, 11) is -4.33. The van der Waals surface area contributed by atoms with E-state index in [4.69, 9.17) is 29.8 Å². The minimum Gasteiger partial charge on any atom is -0.384 e. The van der Waals surface area contributed by atoms with Crippen molar-refractivity contribution in [3.63, 3.8) is 0 Å². The van der Waals surface area contributed by atoms with Gasteiger partial charge in [0.05, 0.1) is 6.61 Å². The monoisotopic (exact) mass is 347 g/mol. The number of rotatable bonds is 5. The first-order valence-electron chi connectivity index (χ1n) is 6.41. The van der Waals surface area contributed by atoms with Crippen molar-refractivity contribution in [2.45, 2.75) is 18.5 Å². The molecule has 0 radical (unpaired) electrons. The Hall–Kier alpha value is -1.82. The molecule has 0 aromatic carbocycles. The molecule has 1 unspecified atom stereocenters. The molecule has 23 heavy (non-hydrogen) atoms. The Bertz CT molecular complexity index is 748. The molecule has 1 aliphatic heterocycles. The lowest BCUT2D eigenvalue weighted by Gasteiger charge is -2.18. The molecule has 3 atom stereocenters. The van der Waals surface area contributed by atoms with Crippen LogP contribution in [0.5, 0.6) is 0 Å². The molecule has 2 aromatic rings. The molecule has 2 aromatic heterocycles. The second kappa shape index (κ2) is 6.00. The fourth-order valence-corrected chi connectivity index (χ4v) is 2.40. The molecule has 3 heterocycles. The van der Waals surface area contributed by atoms with Crippen molar-refractivity contribution in [1.29, 1.82) is 0 Å². The zero-order chi connectivity index (χ0) is 16.6. The van der Waals surface area contributed by atoms with Gasteiger partial charge >= 0.3 is 7.60 Å². The summed E-state index contributed by atoms with van der Waals surface area (Å²) >= 11 is 0. The predicted molar refractivity (Wildman–Crippen MR) is 73.8 cm³/mol. The minimum atomic E-state index is -4.33. The van der Waals surface area contributed by atoms with Crippen LogP contribution in [-0.4, -0.2) is 66.0 Å². The predicted octanol–water partition coefficient (Wildman–Crippen LogP) is -1.93. The fraction of sp³-hybridized carbons (Fsp3) is 0.500. The third-order valence-corrected chi connectivity index (χ3v) is 3.58. The van der Waals surface area contributed by atoms with E-state index in [0.29, 0.717) is 5.52 Å². The molecule has 1 saturated heterocycles. The van der Waals surface area contributed by atoms with Crippen LogP contribution in [-0.2, 0) is 14.0 Å². The molecule has 1 aliphatic rings. The van der Waals surface area contributed by atoms with Crippen LogP contribution >= 0.6 is 7.60 Å². The molecule has 1 fully saturated rings. The summed E-state index contributed by atoms with van der Waals surface area (Å²) in [5.74, 6) is 0.174. The van der Waals surface area contributed by atoms with E-state index < -0.39 is 32.4 Å². The number of nitrogens with zero attached hydrogens (tertiary/aromatic N) is 4. The molecule has 0 spiro atoms. The van der Waals surface area contributed by atoms with Crippen molar-refractivity contribution in [1.82, 2.24) is 19.7 Å². The Kier molecular flexibility index (Phi) is 4.19. The van der Waals surface area contributed by atoms with E-state index in [9.17, 15) is 9.67 Å². The number of anilines is 1. The van der Waals surface area contributed by atoms with Gasteiger partial charge in [0.2, 0.25) is 5.65 Å². The van der Waals surface area contributed by atoms with E-state index in [1.165, 1.54) is 12.7 Å². The highest BCUT2D eigenvalue weighted by molar-refractivity contribution is 7.51. The second-order valence-corrected chi connectivity index (χ2v) is 6.39. The van der Waals surface area contributed by atoms with Gasteiger partial charge in [-0.3, -0.25) is 4.57 Å². The molecular formula is C10H14N5O7P. The Labute approximate surface area is 128 Å². The van der Waals surface area contributed by atoms with Gasteiger partial charge in [0.25, 0.3) is 6.29 Å². The Balaban J connectivity index is 1.69. The van der Waals surface area contributed by atoms with Gasteiger partial charge in [-0.05, 0) is 0 Å². The standard InChI is InChI=1S/C10H14N5O7P/c11-8-6-9(13-2-12-8)15(3-14-6)22-10-7(16)5(1-20-10)21-4-23(17,18)19/h2-3,5,7,10,16H,1,4H2,(H2,11,12,13)(H2,17,18,19)/t5-,7+,10?/m0/s1. The van der Waals surface area contributed by atoms with Crippen molar-refractivity contribution < 1.29 is 33.8 Å². The first-order chi connectivity index (χ1) is 10.8. The zero-order valence-electron chi connectivity index (χ0n) is 11.6. The zero-order valence-corrected chi connectivity index (χ0v) is 12.5. The number of aliphatic hydroxyl groups excluding tert-OH is 1. The van der Waals surface area contributed by atoms with Crippen molar-refractivity contribution >= 4 is 24.6 Å². The average Bonchev–Trinajstić information content (AvgIpc) is 3.03. The minimum absolute atomic E-state index is 0.0877. The topological polar surface area (TPSA) is 175 Å². The van der Waals surface area contributed by atoms with E-state index in [2.05, 4.69) is 15.0 Å². The molecule has 0 bridgehead atoms. The third-order valence-electron chi connectivity index (χ3n) is 3.09. The first-order valence-corrected chi connectivity index (χ1v) is 8.21. The number of aliphatic hydroxyl groups is 1. The van der Waals surface area contributed by atoms with Crippen LogP contribution in [0.4, 0.5) is 5.82 Å². The van der Waals surface area contributed by atoms with Crippen molar-refractivity contribution in [3.05, 3.63) is 12.7 Å². The highest BCUT2D eigenvalue weighted by Gasteiger charge is 2.40. The first kappa shape index (κ1) is 16.1. The summed E-state index contributed by atoms with van der Waals surface area (Å²) in [6, 6.07) is 0. The molecule has 3 rings (SSSR count). The maximum Gasteiger partial charge on any atom is 0.350 e. The highest BCUT2D eigenvalue weighted by Crippen LogP contribution is 2.35. The molecule has 0 amide bonds. The van der Waals surface area contributed by atoms with E-state index >= 15 is 0 Å². The lowest BCUT2D eigenvalue weighted by atomic mass is 10.2. The van der Waals surface area contributed by atoms with E-state index in [1.54, 1.807) is 0 Å². The second-order valence-electron chi connectivity index (χ2n) is 4.80. The van der Waals surface area contributed by atoms with E-state index in [1.807, 2.05) is 0 Å². The number of nitrogen functional groups attached to an aromatic ring is 1. The van der Waals surface area contributed by atoms with Gasteiger partial charge in [-0.1, -0.05) is 0 Å². The largest absolute Gasteiger partial charge is 0.384 e.